The summed E-state index contributed by atoms with van der Waals surface area (Å²) in [6.07, 6.45) is 3.23. The van der Waals surface area contributed by atoms with Crippen LogP contribution in [0.25, 0.3) is 0 Å². The van der Waals surface area contributed by atoms with Gasteiger partial charge in [-0.15, -0.1) is 0 Å². The Kier molecular flexibility index (Phi) is 5.49. The number of hydrogen-bond acceptors (Lipinski definition) is 4. The first-order chi connectivity index (χ1) is 14.6. The number of nitrogens with two attached hydrogens (primary N) is 1. The number of rotatable bonds is 8. The summed E-state index contributed by atoms with van der Waals surface area (Å²) in [6.45, 7) is 1.61. The molecule has 5 rings (SSSR count). The minimum atomic E-state index is -0.814. The number of nitrogens with zero attached hydrogens (tertiary/aromatic N) is 1. The Balaban J connectivity index is 1.42. The second kappa shape index (κ2) is 7.85. The third kappa shape index (κ3) is 4.28. The Labute approximate surface area is 184 Å². The molecular formula is C21H26ClFN4O4. The third-order valence-electron chi connectivity index (χ3n) is 6.60. The molecule has 4 aliphatic rings. The molecule has 4 N–H and O–H groups in total. The molecule has 0 heterocycles. The second-order valence-corrected chi connectivity index (χ2v) is 9.43. The highest BCUT2D eigenvalue weighted by Gasteiger charge is 2.72. The quantitative estimate of drug-likeness (QED) is 0.562. The molecule has 0 aliphatic heterocycles. The molecule has 10 heteroatoms. The van der Waals surface area contributed by atoms with Gasteiger partial charge < -0.3 is 26.0 Å². The van der Waals surface area contributed by atoms with Crippen molar-refractivity contribution in [3.8, 4) is 0 Å². The first-order valence-electron chi connectivity index (χ1n) is 10.4. The summed E-state index contributed by atoms with van der Waals surface area (Å²) in [5, 5.41) is 5.21. The van der Waals surface area contributed by atoms with E-state index in [1.54, 1.807) is 17.0 Å². The van der Waals surface area contributed by atoms with Gasteiger partial charge in [0.2, 0.25) is 5.91 Å². The Morgan fingerprint density at radius 2 is 2.00 bits per heavy atom. The minimum absolute atomic E-state index is 0.00487. The fourth-order valence-corrected chi connectivity index (χ4v) is 5.04. The molecule has 4 amide bonds. The summed E-state index contributed by atoms with van der Waals surface area (Å²) < 4.78 is 19.9. The smallest absolute Gasteiger partial charge is 0.407 e. The average molecular weight is 453 g/mol. The van der Waals surface area contributed by atoms with Crippen LogP contribution in [0, 0.1) is 11.7 Å². The summed E-state index contributed by atoms with van der Waals surface area (Å²) in [5.74, 6) is -0.512. The van der Waals surface area contributed by atoms with E-state index in [1.165, 1.54) is 6.07 Å². The zero-order valence-electron chi connectivity index (χ0n) is 17.2. The van der Waals surface area contributed by atoms with Crippen LogP contribution < -0.4 is 16.4 Å². The van der Waals surface area contributed by atoms with Crippen LogP contribution in [0.15, 0.2) is 18.2 Å². The second-order valence-electron chi connectivity index (χ2n) is 9.02. The molecule has 0 unspecified atom stereocenters. The van der Waals surface area contributed by atoms with Crippen LogP contribution in [-0.2, 0) is 16.1 Å². The molecule has 0 spiro atoms. The first kappa shape index (κ1) is 21.7. The predicted octanol–water partition coefficient (Wildman–Crippen LogP) is 2.68. The highest BCUT2D eigenvalue weighted by Crippen LogP contribution is 2.64. The number of benzene rings is 1. The Hall–Kier alpha value is -2.55. The summed E-state index contributed by atoms with van der Waals surface area (Å²) in [5.41, 5.74) is 4.44. The van der Waals surface area contributed by atoms with Gasteiger partial charge in [-0.25, -0.2) is 14.0 Å². The number of alkyl carbamates (subject to hydrolysis) is 1. The molecule has 4 saturated carbocycles. The van der Waals surface area contributed by atoms with E-state index in [1.807, 2.05) is 6.92 Å². The van der Waals surface area contributed by atoms with E-state index in [-0.39, 0.29) is 35.7 Å². The van der Waals surface area contributed by atoms with E-state index >= 15 is 0 Å². The molecule has 8 nitrogen and oxygen atoms in total. The number of nitrogens with one attached hydrogen (secondary N) is 2. The zero-order chi connectivity index (χ0) is 22.4. The van der Waals surface area contributed by atoms with Gasteiger partial charge in [-0.3, -0.25) is 4.79 Å². The normalized spacial score (nSPS) is 26.7. The molecule has 0 radical (unpaired) electrons. The number of hydrogen-bond donors (Lipinski definition) is 3. The van der Waals surface area contributed by atoms with Gasteiger partial charge in [-0.2, -0.15) is 0 Å². The van der Waals surface area contributed by atoms with Crippen molar-refractivity contribution in [3.05, 3.63) is 34.6 Å². The number of amides is 4. The largest absolute Gasteiger partial charge is 0.446 e. The number of ether oxygens (including phenoxy) is 1. The maximum Gasteiger partial charge on any atom is 0.407 e. The Bertz CT molecular complexity index is 903. The summed E-state index contributed by atoms with van der Waals surface area (Å²) >= 11 is 5.89. The number of urea groups is 1. The summed E-state index contributed by atoms with van der Waals surface area (Å²) in [7, 11) is 0. The molecule has 0 aromatic heterocycles. The van der Waals surface area contributed by atoms with Crippen molar-refractivity contribution >= 4 is 29.6 Å². The van der Waals surface area contributed by atoms with Crippen molar-refractivity contribution < 1.29 is 23.5 Å². The van der Waals surface area contributed by atoms with Crippen LogP contribution >= 0.6 is 11.6 Å². The van der Waals surface area contributed by atoms with Crippen molar-refractivity contribution in [2.75, 3.05) is 6.54 Å². The molecule has 4 aliphatic carbocycles. The van der Waals surface area contributed by atoms with Crippen molar-refractivity contribution in [3.63, 3.8) is 0 Å². The van der Waals surface area contributed by atoms with Crippen molar-refractivity contribution in [1.29, 1.82) is 0 Å². The van der Waals surface area contributed by atoms with Gasteiger partial charge in [0.1, 0.15) is 11.9 Å². The lowest BCUT2D eigenvalue weighted by Crippen LogP contribution is -2.84. The fraction of sp³-hybridized carbons (Fsp3) is 0.571. The molecule has 1 aromatic rings. The lowest BCUT2D eigenvalue weighted by Gasteiger charge is -2.73. The molecule has 4 fully saturated rings. The summed E-state index contributed by atoms with van der Waals surface area (Å²) in [4.78, 5) is 37.7. The molecule has 1 aromatic carbocycles. The van der Waals surface area contributed by atoms with Crippen molar-refractivity contribution in [1.82, 2.24) is 15.5 Å². The number of halogens is 2. The predicted molar refractivity (Wildman–Crippen MR) is 111 cm³/mol. The highest BCUT2D eigenvalue weighted by molar-refractivity contribution is 6.30. The topological polar surface area (TPSA) is 114 Å². The van der Waals surface area contributed by atoms with E-state index < -0.39 is 29.0 Å². The standard InChI is InChI=1S/C21H26ClFN4O4/c1-12(13-5-6-13)31-19(30)26-20-9-21(10-20,11-20)27(16(28)7-25-18(24)29)8-14-3-2-4-15(22)17(14)23/h2-4,12-13H,5-11H2,1H3,(H,26,30)(H3,24,25,29)/t12-,20?,21?/m1/s1. The highest BCUT2D eigenvalue weighted by atomic mass is 35.5. The molecule has 168 valence electrons. The van der Waals surface area contributed by atoms with Gasteiger partial charge in [0.25, 0.3) is 0 Å². The molecular weight excluding hydrogens is 427 g/mol. The van der Waals surface area contributed by atoms with Crippen LogP contribution in [-0.4, -0.2) is 46.7 Å². The summed E-state index contributed by atoms with van der Waals surface area (Å²) in [6, 6.07) is 3.81. The van der Waals surface area contributed by atoms with Gasteiger partial charge in [0, 0.05) is 12.1 Å². The number of carbonyl (C=O) groups is 3. The van der Waals surface area contributed by atoms with Gasteiger partial charge in [-0.05, 0) is 51.0 Å². The molecule has 1 atom stereocenters. The fourth-order valence-electron chi connectivity index (χ4n) is 4.85. The van der Waals surface area contributed by atoms with E-state index in [9.17, 15) is 18.8 Å². The zero-order valence-corrected chi connectivity index (χ0v) is 18.0. The van der Waals surface area contributed by atoms with Gasteiger partial charge in [-0.1, -0.05) is 23.7 Å². The van der Waals surface area contributed by atoms with Gasteiger partial charge in [0.15, 0.2) is 0 Å². The molecule has 2 bridgehead atoms. The number of primary amides is 1. The maximum atomic E-state index is 14.5. The van der Waals surface area contributed by atoms with E-state index in [4.69, 9.17) is 22.1 Å². The van der Waals surface area contributed by atoms with Gasteiger partial charge >= 0.3 is 12.1 Å². The van der Waals surface area contributed by atoms with E-state index in [0.717, 1.165) is 12.8 Å². The molecule has 0 saturated heterocycles. The van der Waals surface area contributed by atoms with Crippen LogP contribution in [0.3, 0.4) is 0 Å². The van der Waals surface area contributed by atoms with Crippen LogP contribution in [0.2, 0.25) is 5.02 Å². The Morgan fingerprint density at radius 3 is 2.61 bits per heavy atom. The van der Waals surface area contributed by atoms with Crippen molar-refractivity contribution in [2.24, 2.45) is 11.7 Å². The maximum absolute atomic E-state index is 14.5. The Morgan fingerprint density at radius 1 is 1.32 bits per heavy atom. The van der Waals surface area contributed by atoms with Gasteiger partial charge in [0.05, 0.1) is 22.6 Å². The van der Waals surface area contributed by atoms with Crippen molar-refractivity contribution in [2.45, 2.75) is 62.8 Å². The lowest BCUT2D eigenvalue weighted by molar-refractivity contribution is -0.190. The van der Waals surface area contributed by atoms with E-state index in [0.29, 0.717) is 25.2 Å². The van der Waals surface area contributed by atoms with Crippen LogP contribution in [0.4, 0.5) is 14.0 Å². The third-order valence-corrected chi connectivity index (χ3v) is 6.89. The van der Waals surface area contributed by atoms with Crippen LogP contribution in [0.5, 0.6) is 0 Å². The minimum Gasteiger partial charge on any atom is -0.446 e. The monoisotopic (exact) mass is 452 g/mol. The first-order valence-corrected chi connectivity index (χ1v) is 10.8. The lowest BCUT2D eigenvalue weighted by atomic mass is 9.43. The number of carbonyl (C=O) groups excluding carboxylic acids is 3. The molecule has 31 heavy (non-hydrogen) atoms. The van der Waals surface area contributed by atoms with E-state index in [2.05, 4.69) is 10.6 Å². The van der Waals surface area contributed by atoms with Crippen LogP contribution in [0.1, 0.15) is 44.6 Å². The average Bonchev–Trinajstić information content (AvgIpc) is 3.48. The SMILES string of the molecule is C[C@@H](OC(=O)NC12CC(N(Cc3cccc(Cl)c3F)C(=O)CNC(N)=O)(C1)C2)C1CC1.